The number of aliphatic hydroxyl groups is 1. The number of allylic oxidation sites excluding steroid dienone is 4. The summed E-state index contributed by atoms with van der Waals surface area (Å²) in [5, 5.41) is 10.6. The third-order valence-corrected chi connectivity index (χ3v) is 18.0. The van der Waals surface area contributed by atoms with Gasteiger partial charge < -0.3 is 33.8 Å². The van der Waals surface area contributed by atoms with E-state index in [-0.39, 0.29) is 25.7 Å². The molecule has 536 valence electrons. The fraction of sp³-hybridized carbons (Fsp3) is 0.889. The van der Waals surface area contributed by atoms with Crippen molar-refractivity contribution in [2.24, 2.45) is 11.8 Å². The highest BCUT2D eigenvalue weighted by Gasteiger charge is 2.30. The van der Waals surface area contributed by atoms with Gasteiger partial charge in [-0.3, -0.25) is 37.3 Å². The van der Waals surface area contributed by atoms with Crippen LogP contribution in [0.25, 0.3) is 0 Å². The molecule has 0 aliphatic rings. The summed E-state index contributed by atoms with van der Waals surface area (Å²) in [5.41, 5.74) is 0. The predicted molar refractivity (Wildman–Crippen MR) is 367 cm³/mol. The summed E-state index contributed by atoms with van der Waals surface area (Å²) < 4.78 is 68.2. The highest BCUT2D eigenvalue weighted by molar-refractivity contribution is 7.47. The number of ether oxygens (including phenoxy) is 4. The number of hydrogen-bond acceptors (Lipinski definition) is 15. The highest BCUT2D eigenvalue weighted by Crippen LogP contribution is 2.45. The van der Waals surface area contributed by atoms with Gasteiger partial charge in [0, 0.05) is 25.7 Å². The normalized spacial score (nSPS) is 14.3. The van der Waals surface area contributed by atoms with Crippen LogP contribution in [0.5, 0.6) is 0 Å². The van der Waals surface area contributed by atoms with Crippen molar-refractivity contribution >= 4 is 39.5 Å². The molecule has 0 radical (unpaired) electrons. The van der Waals surface area contributed by atoms with Crippen molar-refractivity contribution in [1.82, 2.24) is 0 Å². The topological polar surface area (TPSA) is 237 Å². The van der Waals surface area contributed by atoms with Gasteiger partial charge in [-0.15, -0.1) is 0 Å². The third kappa shape index (κ3) is 66.0. The minimum Gasteiger partial charge on any atom is -0.462 e. The van der Waals surface area contributed by atoms with Gasteiger partial charge in [-0.25, -0.2) is 9.13 Å². The minimum atomic E-state index is -4.96. The average molecular weight is 1340 g/mol. The number of esters is 4. The van der Waals surface area contributed by atoms with E-state index in [0.29, 0.717) is 31.6 Å². The number of phosphoric acid groups is 2. The third-order valence-electron chi connectivity index (χ3n) is 16.1. The Morgan fingerprint density at radius 2 is 0.593 bits per heavy atom. The second-order valence-electron chi connectivity index (χ2n) is 26.2. The summed E-state index contributed by atoms with van der Waals surface area (Å²) >= 11 is 0. The molecular formula is C72H136O17P2. The lowest BCUT2D eigenvalue weighted by Crippen LogP contribution is -2.30. The van der Waals surface area contributed by atoms with Crippen LogP contribution in [0.1, 0.15) is 343 Å². The van der Waals surface area contributed by atoms with Crippen LogP contribution in [0.4, 0.5) is 0 Å². The lowest BCUT2D eigenvalue weighted by molar-refractivity contribution is -0.161. The second kappa shape index (κ2) is 63.6. The van der Waals surface area contributed by atoms with Gasteiger partial charge >= 0.3 is 39.5 Å². The Hall–Kier alpha value is -2.46. The second-order valence-corrected chi connectivity index (χ2v) is 29.2. The molecule has 19 heteroatoms. The molecule has 0 saturated heterocycles. The lowest BCUT2D eigenvalue weighted by Gasteiger charge is -2.21. The van der Waals surface area contributed by atoms with Crippen molar-refractivity contribution < 1.29 is 80.2 Å². The average Bonchev–Trinajstić information content (AvgIpc) is 3.69. The van der Waals surface area contributed by atoms with Crippen LogP contribution in [0.2, 0.25) is 0 Å². The number of unbranched alkanes of at least 4 members (excludes halogenated alkanes) is 36. The summed E-state index contributed by atoms with van der Waals surface area (Å²) in [4.78, 5) is 72.5. The number of aliphatic hydroxyl groups excluding tert-OH is 1. The van der Waals surface area contributed by atoms with Crippen molar-refractivity contribution in [2.75, 3.05) is 39.6 Å². The van der Waals surface area contributed by atoms with Gasteiger partial charge in [-0.05, 0) is 63.2 Å². The monoisotopic (exact) mass is 1330 g/mol. The minimum absolute atomic E-state index is 0.101. The van der Waals surface area contributed by atoms with Crippen LogP contribution >= 0.6 is 15.6 Å². The van der Waals surface area contributed by atoms with Gasteiger partial charge in [0.25, 0.3) is 0 Å². The van der Waals surface area contributed by atoms with Gasteiger partial charge in [-0.1, -0.05) is 291 Å². The molecule has 0 amide bonds. The van der Waals surface area contributed by atoms with Crippen LogP contribution in [0, 0.1) is 11.8 Å². The van der Waals surface area contributed by atoms with Gasteiger partial charge in [0.1, 0.15) is 19.3 Å². The Morgan fingerprint density at radius 1 is 0.341 bits per heavy atom. The fourth-order valence-corrected chi connectivity index (χ4v) is 12.0. The molecule has 0 aromatic heterocycles. The first-order valence-electron chi connectivity index (χ1n) is 36.8. The van der Waals surface area contributed by atoms with Crippen molar-refractivity contribution in [3.63, 3.8) is 0 Å². The summed E-state index contributed by atoms with van der Waals surface area (Å²) in [6.45, 7) is 9.43. The van der Waals surface area contributed by atoms with Crippen LogP contribution < -0.4 is 0 Å². The molecule has 0 aliphatic heterocycles. The smallest absolute Gasteiger partial charge is 0.462 e. The molecule has 0 rings (SSSR count). The Bertz CT molecular complexity index is 1860. The SMILES string of the molecule is CCCCCC/C=C\C=C/CCCCCCCC(=O)OC[C@H](COP(=O)(O)OC[C@@H](O)COP(=O)(O)OC[C@@H](COC(=O)CCCCCCCCCC)OC(=O)CCCCCCCCCC(C)C)OC(=O)CCCCCCCCCCCCCCCCCC(C)C. The van der Waals surface area contributed by atoms with Gasteiger partial charge in [0.15, 0.2) is 12.2 Å². The zero-order chi connectivity index (χ0) is 67.2. The fourth-order valence-electron chi connectivity index (χ4n) is 10.4. The Morgan fingerprint density at radius 3 is 0.901 bits per heavy atom. The number of carbonyl (C=O) groups is 4. The van der Waals surface area contributed by atoms with E-state index in [4.69, 9.17) is 37.0 Å². The van der Waals surface area contributed by atoms with E-state index in [0.717, 1.165) is 121 Å². The van der Waals surface area contributed by atoms with E-state index in [1.54, 1.807) is 0 Å². The zero-order valence-electron chi connectivity index (χ0n) is 58.6. The first-order valence-corrected chi connectivity index (χ1v) is 39.8. The van der Waals surface area contributed by atoms with Crippen molar-refractivity contribution in [3.8, 4) is 0 Å². The Balaban J connectivity index is 5.24. The van der Waals surface area contributed by atoms with E-state index < -0.39 is 97.5 Å². The van der Waals surface area contributed by atoms with Gasteiger partial charge in [-0.2, -0.15) is 0 Å². The molecule has 3 N–H and O–H groups in total. The first kappa shape index (κ1) is 88.5. The largest absolute Gasteiger partial charge is 0.472 e. The van der Waals surface area contributed by atoms with Crippen molar-refractivity contribution in [2.45, 2.75) is 362 Å². The number of carbonyl (C=O) groups excluding carboxylic acids is 4. The number of hydrogen-bond donors (Lipinski definition) is 3. The first-order chi connectivity index (χ1) is 43.9. The standard InChI is InChI=1S/C72H136O17P2/c1-7-9-11-13-15-17-18-19-21-25-28-31-37-43-49-55-70(75)83-61-67(88-71(76)56-50-44-38-32-29-26-23-20-22-24-27-30-34-40-46-52-64(3)4)62-86-90(78,79)84-58-66(73)59-85-91(80,81)87-63-68(60-82-69(74)54-48-42-36-16-14-12-10-8-2)89-72(77)57-51-45-39-33-35-41-47-53-65(5)6/h17-19,21,64-68,73H,7-16,20,22-63H2,1-6H3,(H,78,79)(H,80,81)/b18-17-,21-19-/t66-,67-,68-/m1/s1. The maximum absolute atomic E-state index is 13.0. The van der Waals surface area contributed by atoms with Crippen LogP contribution in [0.15, 0.2) is 24.3 Å². The van der Waals surface area contributed by atoms with Crippen LogP contribution in [0.3, 0.4) is 0 Å². The molecule has 5 atom stereocenters. The van der Waals surface area contributed by atoms with Gasteiger partial charge in [0.2, 0.25) is 0 Å². The summed E-state index contributed by atoms with van der Waals surface area (Å²) in [6.07, 6.45) is 52.3. The zero-order valence-corrected chi connectivity index (χ0v) is 60.4. The molecule has 0 bridgehead atoms. The van der Waals surface area contributed by atoms with E-state index in [2.05, 4.69) is 65.8 Å². The molecule has 0 aromatic rings. The highest BCUT2D eigenvalue weighted by atomic mass is 31.2. The molecule has 0 spiro atoms. The molecule has 0 aliphatic carbocycles. The lowest BCUT2D eigenvalue weighted by atomic mass is 10.0. The maximum atomic E-state index is 13.0. The molecule has 2 unspecified atom stereocenters. The molecule has 91 heavy (non-hydrogen) atoms. The summed E-state index contributed by atoms with van der Waals surface area (Å²) in [6, 6.07) is 0. The molecule has 0 aromatic carbocycles. The molecule has 17 nitrogen and oxygen atoms in total. The molecule has 0 heterocycles. The van der Waals surface area contributed by atoms with Gasteiger partial charge in [0.05, 0.1) is 26.4 Å². The summed E-state index contributed by atoms with van der Waals surface area (Å²) in [5.74, 6) is -0.662. The van der Waals surface area contributed by atoms with Crippen LogP contribution in [-0.4, -0.2) is 96.7 Å². The van der Waals surface area contributed by atoms with E-state index in [9.17, 15) is 43.2 Å². The van der Waals surface area contributed by atoms with E-state index in [1.807, 2.05) is 0 Å². The number of rotatable bonds is 69. The maximum Gasteiger partial charge on any atom is 0.472 e. The molecule has 0 saturated carbocycles. The number of phosphoric ester groups is 2. The molecule has 0 fully saturated rings. The quantitative estimate of drug-likeness (QED) is 0.0169. The Labute approximate surface area is 554 Å². The van der Waals surface area contributed by atoms with Crippen LogP contribution in [-0.2, 0) is 65.4 Å². The van der Waals surface area contributed by atoms with E-state index >= 15 is 0 Å². The summed E-state index contributed by atoms with van der Waals surface area (Å²) in [7, 11) is -9.91. The molecular weight excluding hydrogens is 1200 g/mol. The van der Waals surface area contributed by atoms with Crippen molar-refractivity contribution in [1.29, 1.82) is 0 Å². The van der Waals surface area contributed by atoms with E-state index in [1.165, 1.54) is 135 Å². The predicted octanol–water partition coefficient (Wildman–Crippen LogP) is 20.3. The Kier molecular flexibility index (Phi) is 61.9. The van der Waals surface area contributed by atoms with Crippen molar-refractivity contribution in [3.05, 3.63) is 24.3 Å².